The molecule has 0 saturated heterocycles. The summed E-state index contributed by atoms with van der Waals surface area (Å²) in [6.07, 6.45) is 4.03. The second-order valence-corrected chi connectivity index (χ2v) is 7.16. The molecule has 0 unspecified atom stereocenters. The van der Waals surface area contributed by atoms with Crippen LogP contribution in [0, 0.1) is 5.92 Å². The van der Waals surface area contributed by atoms with E-state index in [-0.39, 0.29) is 0 Å². The van der Waals surface area contributed by atoms with Crippen molar-refractivity contribution in [2.45, 2.75) is 44.9 Å². The molecule has 0 aliphatic carbocycles. The van der Waals surface area contributed by atoms with E-state index in [1.54, 1.807) is 11.8 Å². The molecule has 23 heavy (non-hydrogen) atoms. The van der Waals surface area contributed by atoms with Gasteiger partial charge >= 0.3 is 0 Å². The Labute approximate surface area is 148 Å². The number of aryl methyl sites for hydroxylation is 1. The summed E-state index contributed by atoms with van der Waals surface area (Å²) in [6, 6.07) is 7.95. The van der Waals surface area contributed by atoms with E-state index in [9.17, 15) is 0 Å². The topological polar surface area (TPSA) is 42.7 Å². The Morgan fingerprint density at radius 2 is 2.04 bits per heavy atom. The fourth-order valence-electron chi connectivity index (χ4n) is 2.44. The van der Waals surface area contributed by atoms with E-state index >= 15 is 0 Å². The van der Waals surface area contributed by atoms with Crippen LogP contribution in [0.2, 0.25) is 5.02 Å². The first-order chi connectivity index (χ1) is 11.1. The molecular formula is C17H25ClN4S. The van der Waals surface area contributed by atoms with Gasteiger partial charge < -0.3 is 9.88 Å². The van der Waals surface area contributed by atoms with Crippen LogP contribution >= 0.6 is 23.4 Å². The molecule has 0 spiro atoms. The van der Waals surface area contributed by atoms with Crippen LogP contribution in [0.1, 0.15) is 31.7 Å². The van der Waals surface area contributed by atoms with Crippen molar-refractivity contribution >= 4 is 23.4 Å². The lowest BCUT2D eigenvalue weighted by molar-refractivity contribution is 0.476. The van der Waals surface area contributed by atoms with Crippen molar-refractivity contribution in [1.82, 2.24) is 20.1 Å². The van der Waals surface area contributed by atoms with Crippen LogP contribution in [-0.4, -0.2) is 27.6 Å². The van der Waals surface area contributed by atoms with Gasteiger partial charge in [-0.05, 0) is 36.8 Å². The summed E-state index contributed by atoms with van der Waals surface area (Å²) in [6.45, 7) is 7.16. The number of nitrogens with zero attached hydrogens (tertiary/aromatic N) is 3. The molecule has 0 fully saturated rings. The van der Waals surface area contributed by atoms with E-state index in [2.05, 4.69) is 46.3 Å². The predicted octanol–water partition coefficient (Wildman–Crippen LogP) is 4.03. The van der Waals surface area contributed by atoms with Crippen LogP contribution in [0.15, 0.2) is 29.4 Å². The molecule has 2 aromatic rings. The molecule has 1 N–H and O–H groups in total. The van der Waals surface area contributed by atoms with Gasteiger partial charge in [-0.3, -0.25) is 0 Å². The Bertz CT molecular complexity index is 612. The number of hydrogen-bond donors (Lipinski definition) is 1. The molecule has 1 aromatic carbocycles. The van der Waals surface area contributed by atoms with Gasteiger partial charge in [-0.25, -0.2) is 0 Å². The second-order valence-electron chi connectivity index (χ2n) is 5.98. The first-order valence-corrected chi connectivity index (χ1v) is 9.62. The Hall–Kier alpha value is -1.04. The zero-order valence-electron chi connectivity index (χ0n) is 14.1. The average Bonchev–Trinajstić information content (AvgIpc) is 2.90. The molecule has 6 heteroatoms. The minimum absolute atomic E-state index is 0.592. The number of hydrogen-bond acceptors (Lipinski definition) is 4. The number of aromatic nitrogens is 3. The SMILES string of the molecule is CSc1nnc(CCCNCc2ccccc2Cl)n1CC(C)C. The van der Waals surface area contributed by atoms with Crippen LogP contribution in [0.4, 0.5) is 0 Å². The molecule has 0 amide bonds. The lowest BCUT2D eigenvalue weighted by Crippen LogP contribution is -2.17. The van der Waals surface area contributed by atoms with Gasteiger partial charge in [0.2, 0.25) is 0 Å². The average molecular weight is 353 g/mol. The van der Waals surface area contributed by atoms with Crippen molar-refractivity contribution in [3.63, 3.8) is 0 Å². The minimum atomic E-state index is 0.592. The summed E-state index contributed by atoms with van der Waals surface area (Å²) < 4.78 is 2.25. The molecule has 0 atom stereocenters. The monoisotopic (exact) mass is 352 g/mol. The van der Waals surface area contributed by atoms with Gasteiger partial charge in [-0.15, -0.1) is 10.2 Å². The Kier molecular flexibility index (Phi) is 7.40. The number of benzene rings is 1. The normalized spacial score (nSPS) is 11.3. The maximum absolute atomic E-state index is 6.16. The van der Waals surface area contributed by atoms with E-state index in [1.807, 2.05) is 18.2 Å². The summed E-state index contributed by atoms with van der Waals surface area (Å²) in [4.78, 5) is 0. The van der Waals surface area contributed by atoms with Gasteiger partial charge in [-0.1, -0.05) is 55.4 Å². The predicted molar refractivity (Wildman–Crippen MR) is 98.1 cm³/mol. The maximum Gasteiger partial charge on any atom is 0.190 e. The molecule has 126 valence electrons. The van der Waals surface area contributed by atoms with Crippen molar-refractivity contribution in [2.24, 2.45) is 5.92 Å². The first kappa shape index (κ1) is 18.3. The first-order valence-electron chi connectivity index (χ1n) is 8.02. The third-order valence-corrected chi connectivity index (χ3v) is 4.59. The van der Waals surface area contributed by atoms with E-state index in [1.165, 1.54) is 0 Å². The highest BCUT2D eigenvalue weighted by atomic mass is 35.5. The summed E-state index contributed by atoms with van der Waals surface area (Å²) in [7, 11) is 0. The number of thioether (sulfide) groups is 1. The summed E-state index contributed by atoms with van der Waals surface area (Å²) in [5.74, 6) is 1.68. The van der Waals surface area contributed by atoms with Crippen molar-refractivity contribution < 1.29 is 0 Å². The standard InChI is InChI=1S/C17H25ClN4S/c1-13(2)12-22-16(20-21-17(22)23-3)9-6-10-19-11-14-7-4-5-8-15(14)18/h4-5,7-8,13,19H,6,9-12H2,1-3H3. The molecular weight excluding hydrogens is 328 g/mol. The molecule has 0 radical (unpaired) electrons. The second kappa shape index (κ2) is 9.30. The van der Waals surface area contributed by atoms with E-state index < -0.39 is 0 Å². The Balaban J connectivity index is 1.80. The number of nitrogens with one attached hydrogen (secondary N) is 1. The Morgan fingerprint density at radius 1 is 1.26 bits per heavy atom. The van der Waals surface area contributed by atoms with Crippen LogP contribution in [0.25, 0.3) is 0 Å². The van der Waals surface area contributed by atoms with Gasteiger partial charge in [0.15, 0.2) is 5.16 Å². The van der Waals surface area contributed by atoms with Gasteiger partial charge in [-0.2, -0.15) is 0 Å². The van der Waals surface area contributed by atoms with Gasteiger partial charge in [0.25, 0.3) is 0 Å². The van der Waals surface area contributed by atoms with Gasteiger partial charge in [0, 0.05) is 24.5 Å². The Morgan fingerprint density at radius 3 is 2.74 bits per heavy atom. The summed E-state index contributed by atoms with van der Waals surface area (Å²) in [5, 5.41) is 13.9. The molecule has 0 aliphatic rings. The van der Waals surface area contributed by atoms with Crippen LogP contribution in [-0.2, 0) is 19.5 Å². The molecule has 0 bridgehead atoms. The van der Waals surface area contributed by atoms with Crippen molar-refractivity contribution in [3.05, 3.63) is 40.7 Å². The van der Waals surface area contributed by atoms with Crippen LogP contribution in [0.5, 0.6) is 0 Å². The fourth-order valence-corrected chi connectivity index (χ4v) is 3.17. The molecule has 2 rings (SSSR count). The highest BCUT2D eigenvalue weighted by molar-refractivity contribution is 7.98. The largest absolute Gasteiger partial charge is 0.313 e. The van der Waals surface area contributed by atoms with Crippen molar-refractivity contribution in [3.8, 4) is 0 Å². The van der Waals surface area contributed by atoms with Gasteiger partial charge in [0.05, 0.1) is 0 Å². The molecule has 4 nitrogen and oxygen atoms in total. The molecule has 1 aromatic heterocycles. The number of halogens is 1. The zero-order chi connectivity index (χ0) is 16.7. The quantitative estimate of drug-likeness (QED) is 0.546. The van der Waals surface area contributed by atoms with Crippen LogP contribution < -0.4 is 5.32 Å². The smallest absolute Gasteiger partial charge is 0.190 e. The van der Waals surface area contributed by atoms with Crippen molar-refractivity contribution in [2.75, 3.05) is 12.8 Å². The highest BCUT2D eigenvalue weighted by Crippen LogP contribution is 2.17. The van der Waals surface area contributed by atoms with Crippen molar-refractivity contribution in [1.29, 1.82) is 0 Å². The molecule has 0 saturated carbocycles. The molecule has 0 aliphatic heterocycles. The van der Waals surface area contributed by atoms with E-state index in [0.29, 0.717) is 5.92 Å². The fraction of sp³-hybridized carbons (Fsp3) is 0.529. The minimum Gasteiger partial charge on any atom is -0.313 e. The third-order valence-electron chi connectivity index (χ3n) is 3.55. The lowest BCUT2D eigenvalue weighted by atomic mass is 10.2. The summed E-state index contributed by atoms with van der Waals surface area (Å²) in [5.41, 5.74) is 1.14. The van der Waals surface area contributed by atoms with Gasteiger partial charge in [0.1, 0.15) is 5.82 Å². The third kappa shape index (κ3) is 5.52. The zero-order valence-corrected chi connectivity index (χ0v) is 15.6. The van der Waals surface area contributed by atoms with E-state index in [0.717, 1.165) is 54.0 Å². The van der Waals surface area contributed by atoms with Crippen LogP contribution in [0.3, 0.4) is 0 Å². The number of rotatable bonds is 9. The van der Waals surface area contributed by atoms with E-state index in [4.69, 9.17) is 11.6 Å². The lowest BCUT2D eigenvalue weighted by Gasteiger charge is -2.12. The molecule has 1 heterocycles. The highest BCUT2D eigenvalue weighted by Gasteiger charge is 2.12. The maximum atomic E-state index is 6.16. The summed E-state index contributed by atoms with van der Waals surface area (Å²) >= 11 is 7.82.